The van der Waals surface area contributed by atoms with Gasteiger partial charge in [0.1, 0.15) is 6.10 Å². The molecule has 0 aliphatic heterocycles. The van der Waals surface area contributed by atoms with E-state index in [1.165, 1.54) is 89.9 Å². The van der Waals surface area contributed by atoms with Crippen molar-refractivity contribution in [2.45, 2.75) is 200 Å². The third-order valence-electron chi connectivity index (χ3n) is 8.38. The van der Waals surface area contributed by atoms with Crippen LogP contribution in [0.5, 0.6) is 0 Å². The highest BCUT2D eigenvalue weighted by Crippen LogP contribution is 2.45. The highest BCUT2D eigenvalue weighted by atomic mass is 31.2. The van der Waals surface area contributed by atoms with Gasteiger partial charge in [-0.05, 0) is 64.2 Å². The Bertz CT molecular complexity index is 815. The fraction of sp³-hybridized carbons (Fsp3) is 0.842. The molecule has 0 spiro atoms. The Kier molecular flexibility index (Phi) is 32.7. The van der Waals surface area contributed by atoms with Crippen LogP contribution >= 0.6 is 7.82 Å². The average Bonchev–Trinajstić information content (AvgIpc) is 3.03. The van der Waals surface area contributed by atoms with E-state index in [0.717, 1.165) is 64.2 Å². The van der Waals surface area contributed by atoms with Crippen LogP contribution in [0, 0.1) is 0 Å². The van der Waals surface area contributed by atoms with Crippen LogP contribution in [-0.4, -0.2) is 29.3 Å². The standard InChI is InChI=1S/C38H72NO6P/c1-3-5-7-9-11-13-15-17-19-21-23-25-27-29-31-33-36(40)37(35-39)44-46(42,43)45-38(41)34-32-30-28-26-24-22-20-18-16-14-12-10-8-6-4-2/h17-20,37H,3-16,21-35,39H2,1-2H3,(H,42,43)/b19-17-,20-18-. The molecule has 0 aliphatic carbocycles. The second kappa shape index (κ2) is 33.6. The van der Waals surface area contributed by atoms with Gasteiger partial charge in [0.2, 0.25) is 0 Å². The van der Waals surface area contributed by atoms with Crippen molar-refractivity contribution >= 4 is 19.6 Å². The minimum atomic E-state index is -4.70. The van der Waals surface area contributed by atoms with Crippen molar-refractivity contribution in [2.24, 2.45) is 5.73 Å². The molecule has 0 saturated heterocycles. The molecule has 0 aromatic rings. The molecule has 0 aromatic carbocycles. The summed E-state index contributed by atoms with van der Waals surface area (Å²) in [6.45, 7) is 4.25. The van der Waals surface area contributed by atoms with Crippen LogP contribution in [0.15, 0.2) is 24.3 Å². The lowest BCUT2D eigenvalue weighted by molar-refractivity contribution is -0.138. The third-order valence-corrected chi connectivity index (χ3v) is 9.33. The summed E-state index contributed by atoms with van der Waals surface area (Å²) in [4.78, 5) is 34.6. The average molecular weight is 670 g/mol. The zero-order valence-electron chi connectivity index (χ0n) is 29.9. The summed E-state index contributed by atoms with van der Waals surface area (Å²) in [6.07, 6.45) is 38.2. The Morgan fingerprint density at radius 3 is 1.33 bits per heavy atom. The molecule has 0 aromatic heterocycles. The molecule has 0 amide bonds. The predicted octanol–water partition coefficient (Wildman–Crippen LogP) is 11.6. The van der Waals surface area contributed by atoms with Crippen LogP contribution in [0.1, 0.15) is 194 Å². The van der Waals surface area contributed by atoms with Crippen molar-refractivity contribution in [1.29, 1.82) is 0 Å². The smallest absolute Gasteiger partial charge is 0.371 e. The van der Waals surface area contributed by atoms with Crippen LogP contribution < -0.4 is 5.73 Å². The monoisotopic (exact) mass is 670 g/mol. The quantitative estimate of drug-likeness (QED) is 0.0392. The van der Waals surface area contributed by atoms with E-state index in [9.17, 15) is 19.0 Å². The van der Waals surface area contributed by atoms with E-state index >= 15 is 0 Å². The first-order valence-electron chi connectivity index (χ1n) is 19.1. The van der Waals surface area contributed by atoms with Gasteiger partial charge in [0.25, 0.3) is 0 Å². The minimum absolute atomic E-state index is 0.0439. The van der Waals surface area contributed by atoms with Crippen molar-refractivity contribution in [3.05, 3.63) is 24.3 Å². The van der Waals surface area contributed by atoms with Crippen molar-refractivity contribution in [3.63, 3.8) is 0 Å². The minimum Gasteiger partial charge on any atom is -0.371 e. The van der Waals surface area contributed by atoms with Gasteiger partial charge in [-0.15, -0.1) is 0 Å². The van der Waals surface area contributed by atoms with E-state index in [2.05, 4.69) is 38.2 Å². The number of carbonyl (C=O) groups is 2. The molecular formula is C38H72NO6P. The SMILES string of the molecule is CCCCCCCC/C=C\CCCCCCCC(=O)OP(=O)(O)OC(CN)C(=O)CCCCCCC/C=C\CCCCCCCC. The fourth-order valence-electron chi connectivity index (χ4n) is 5.46. The summed E-state index contributed by atoms with van der Waals surface area (Å²) in [6, 6.07) is 0. The van der Waals surface area contributed by atoms with Crippen molar-refractivity contribution in [1.82, 2.24) is 0 Å². The van der Waals surface area contributed by atoms with Gasteiger partial charge in [0.15, 0.2) is 5.78 Å². The number of hydrogen-bond donors (Lipinski definition) is 2. The van der Waals surface area contributed by atoms with Gasteiger partial charge in [-0.25, -0.2) is 4.57 Å². The number of allylic oxidation sites excluding steroid dienone is 4. The molecule has 0 radical (unpaired) electrons. The molecule has 3 N–H and O–H groups in total. The first-order valence-corrected chi connectivity index (χ1v) is 20.6. The Labute approximate surface area is 283 Å². The van der Waals surface area contributed by atoms with Gasteiger partial charge in [0.05, 0.1) is 0 Å². The molecule has 0 heterocycles. The van der Waals surface area contributed by atoms with Crippen molar-refractivity contribution in [2.75, 3.05) is 6.54 Å². The van der Waals surface area contributed by atoms with E-state index in [1.807, 2.05) is 0 Å². The maximum atomic E-state index is 12.5. The van der Waals surface area contributed by atoms with E-state index in [0.29, 0.717) is 12.8 Å². The van der Waals surface area contributed by atoms with Gasteiger partial charge in [-0.3, -0.25) is 19.0 Å². The normalized spacial score (nSPS) is 13.8. The lowest BCUT2D eigenvalue weighted by atomic mass is 10.0. The Balaban J connectivity index is 3.85. The zero-order valence-corrected chi connectivity index (χ0v) is 30.8. The van der Waals surface area contributed by atoms with Gasteiger partial charge in [0, 0.05) is 19.4 Å². The van der Waals surface area contributed by atoms with Gasteiger partial charge >= 0.3 is 13.8 Å². The maximum absolute atomic E-state index is 12.5. The summed E-state index contributed by atoms with van der Waals surface area (Å²) in [7, 11) is -4.70. The number of phosphoric ester groups is 1. The van der Waals surface area contributed by atoms with Crippen LogP contribution in [0.4, 0.5) is 0 Å². The Morgan fingerprint density at radius 1 is 0.587 bits per heavy atom. The molecule has 2 atom stereocenters. The highest BCUT2D eigenvalue weighted by molar-refractivity contribution is 7.48. The predicted molar refractivity (Wildman–Crippen MR) is 194 cm³/mol. The molecule has 0 aliphatic rings. The van der Waals surface area contributed by atoms with Gasteiger partial charge < -0.3 is 10.3 Å². The molecule has 2 unspecified atom stereocenters. The summed E-state index contributed by atoms with van der Waals surface area (Å²) in [5, 5.41) is 0. The van der Waals surface area contributed by atoms with Crippen LogP contribution in [-0.2, 0) is 23.2 Å². The number of unbranched alkanes of at least 4 members (excludes halogenated alkanes) is 22. The maximum Gasteiger partial charge on any atom is 0.530 e. The summed E-state index contributed by atoms with van der Waals surface area (Å²) in [5.74, 6) is -1.12. The molecule has 7 nitrogen and oxygen atoms in total. The first kappa shape index (κ1) is 44.7. The Morgan fingerprint density at radius 2 is 0.935 bits per heavy atom. The highest BCUT2D eigenvalue weighted by Gasteiger charge is 2.32. The van der Waals surface area contributed by atoms with E-state index in [4.69, 9.17) is 14.8 Å². The van der Waals surface area contributed by atoms with Crippen molar-refractivity contribution in [3.8, 4) is 0 Å². The van der Waals surface area contributed by atoms with Crippen LogP contribution in [0.2, 0.25) is 0 Å². The molecule has 0 rings (SSSR count). The summed E-state index contributed by atoms with van der Waals surface area (Å²) < 4.78 is 22.0. The summed E-state index contributed by atoms with van der Waals surface area (Å²) in [5.41, 5.74) is 5.64. The lowest BCUT2D eigenvalue weighted by Crippen LogP contribution is -2.32. The number of nitrogens with two attached hydrogens (primary N) is 1. The number of carbonyl (C=O) groups excluding carboxylic acids is 2. The molecular weight excluding hydrogens is 597 g/mol. The number of hydrogen-bond acceptors (Lipinski definition) is 6. The summed E-state index contributed by atoms with van der Waals surface area (Å²) >= 11 is 0. The topological polar surface area (TPSA) is 116 Å². The van der Waals surface area contributed by atoms with E-state index in [-0.39, 0.29) is 25.2 Å². The number of ketones is 1. The number of rotatable bonds is 35. The second-order valence-corrected chi connectivity index (χ2v) is 14.2. The molecule has 0 fully saturated rings. The molecule has 0 saturated carbocycles. The number of Topliss-reactive ketones (excluding diaryl/α,β-unsaturated/α-hetero) is 1. The van der Waals surface area contributed by atoms with E-state index < -0.39 is 19.9 Å². The van der Waals surface area contributed by atoms with Gasteiger partial charge in [-0.2, -0.15) is 0 Å². The number of phosphoric acid groups is 1. The molecule has 8 heteroatoms. The second-order valence-electron chi connectivity index (χ2n) is 12.9. The van der Waals surface area contributed by atoms with Crippen LogP contribution in [0.3, 0.4) is 0 Å². The van der Waals surface area contributed by atoms with Crippen LogP contribution in [0.25, 0.3) is 0 Å². The lowest BCUT2D eigenvalue weighted by Gasteiger charge is -2.18. The van der Waals surface area contributed by atoms with E-state index in [1.54, 1.807) is 0 Å². The Hall–Kier alpha value is -1.27. The molecule has 46 heavy (non-hydrogen) atoms. The molecule has 270 valence electrons. The zero-order chi connectivity index (χ0) is 34.0. The third kappa shape index (κ3) is 31.3. The fourth-order valence-corrected chi connectivity index (χ4v) is 6.38. The first-order chi connectivity index (χ1) is 22.4. The van der Waals surface area contributed by atoms with Gasteiger partial charge in [-0.1, -0.05) is 141 Å². The molecule has 0 bridgehead atoms. The largest absolute Gasteiger partial charge is 0.530 e. The van der Waals surface area contributed by atoms with Crippen molar-refractivity contribution < 1.29 is 28.1 Å².